The van der Waals surface area contributed by atoms with Gasteiger partial charge in [-0.05, 0) is 29.8 Å². The molecule has 1 atom stereocenters. The van der Waals surface area contributed by atoms with Crippen molar-refractivity contribution in [2.24, 2.45) is 0 Å². The number of rotatable bonds is 3. The first-order valence-corrected chi connectivity index (χ1v) is 6.54. The van der Waals surface area contributed by atoms with Crippen molar-refractivity contribution in [2.75, 3.05) is 0 Å². The van der Waals surface area contributed by atoms with Crippen LogP contribution in [0.15, 0.2) is 36.4 Å². The third-order valence-corrected chi connectivity index (χ3v) is 3.44. The minimum Gasteiger partial charge on any atom is -0.292 e. The molecule has 0 spiro atoms. The van der Waals surface area contributed by atoms with Crippen molar-refractivity contribution in [1.29, 1.82) is 5.26 Å². The molecule has 0 fully saturated rings. The summed E-state index contributed by atoms with van der Waals surface area (Å²) in [6, 6.07) is 8.94. The number of benzene rings is 2. The molecule has 2 aromatic rings. The average molecular weight is 326 g/mol. The van der Waals surface area contributed by atoms with Gasteiger partial charge in [-0.25, -0.2) is 8.78 Å². The van der Waals surface area contributed by atoms with Crippen LogP contribution in [0.3, 0.4) is 0 Å². The van der Waals surface area contributed by atoms with Gasteiger partial charge in [-0.3, -0.25) is 4.79 Å². The number of hydrogen-bond acceptors (Lipinski definition) is 2. The Morgan fingerprint density at radius 2 is 1.76 bits per heavy atom. The summed E-state index contributed by atoms with van der Waals surface area (Å²) in [5.41, 5.74) is -0.605. The Kier molecular flexibility index (Phi) is 4.56. The second-order valence-corrected chi connectivity index (χ2v) is 5.03. The van der Waals surface area contributed by atoms with Crippen molar-refractivity contribution in [1.82, 2.24) is 0 Å². The zero-order valence-corrected chi connectivity index (χ0v) is 11.9. The fourth-order valence-corrected chi connectivity index (χ4v) is 2.40. The third-order valence-electron chi connectivity index (χ3n) is 2.87. The highest BCUT2D eigenvalue weighted by Crippen LogP contribution is 2.30. The molecule has 0 aliphatic carbocycles. The molecule has 0 aliphatic rings. The minimum absolute atomic E-state index is 0.0825. The Hall–Kier alpha value is -1.96. The zero-order chi connectivity index (χ0) is 15.6. The van der Waals surface area contributed by atoms with Crippen LogP contribution in [0, 0.1) is 23.0 Å². The van der Waals surface area contributed by atoms with E-state index in [-0.39, 0.29) is 10.6 Å². The molecular weight excluding hydrogens is 319 g/mol. The summed E-state index contributed by atoms with van der Waals surface area (Å²) in [4.78, 5) is 12.3. The van der Waals surface area contributed by atoms with Crippen molar-refractivity contribution in [2.45, 2.75) is 5.92 Å². The first-order valence-electron chi connectivity index (χ1n) is 5.78. The minimum atomic E-state index is -1.42. The number of nitriles is 1. The molecule has 0 saturated heterocycles. The second kappa shape index (κ2) is 6.21. The summed E-state index contributed by atoms with van der Waals surface area (Å²) >= 11 is 11.7. The van der Waals surface area contributed by atoms with Crippen molar-refractivity contribution in [3.63, 3.8) is 0 Å². The Morgan fingerprint density at radius 3 is 2.29 bits per heavy atom. The Balaban J connectivity index is 2.52. The van der Waals surface area contributed by atoms with Gasteiger partial charge >= 0.3 is 0 Å². The first-order chi connectivity index (χ1) is 9.95. The van der Waals surface area contributed by atoms with Crippen LogP contribution in [0.4, 0.5) is 8.78 Å². The van der Waals surface area contributed by atoms with Gasteiger partial charge in [-0.15, -0.1) is 0 Å². The monoisotopic (exact) mass is 325 g/mol. The molecule has 0 amide bonds. The molecule has 106 valence electrons. The maximum atomic E-state index is 13.7. The van der Waals surface area contributed by atoms with Crippen LogP contribution in [0.2, 0.25) is 10.0 Å². The fraction of sp³-hybridized carbons (Fsp3) is 0.0667. The molecule has 0 saturated carbocycles. The van der Waals surface area contributed by atoms with E-state index >= 15 is 0 Å². The maximum absolute atomic E-state index is 13.7. The lowest BCUT2D eigenvalue weighted by Gasteiger charge is -2.12. The largest absolute Gasteiger partial charge is 0.292 e. The fourth-order valence-electron chi connectivity index (χ4n) is 1.88. The quantitative estimate of drug-likeness (QED) is 0.763. The van der Waals surface area contributed by atoms with Gasteiger partial charge in [0.15, 0.2) is 5.78 Å². The molecule has 0 aliphatic heterocycles. The molecule has 1 unspecified atom stereocenters. The molecule has 0 bridgehead atoms. The van der Waals surface area contributed by atoms with Crippen molar-refractivity contribution >= 4 is 29.0 Å². The van der Waals surface area contributed by atoms with Gasteiger partial charge in [0.25, 0.3) is 0 Å². The van der Waals surface area contributed by atoms with Gasteiger partial charge in [0.2, 0.25) is 0 Å². The predicted octanol–water partition coefficient (Wildman–Crippen LogP) is 4.76. The molecule has 6 heteroatoms. The van der Waals surface area contributed by atoms with Crippen LogP contribution in [0.5, 0.6) is 0 Å². The number of carbonyl (C=O) groups is 1. The van der Waals surface area contributed by atoms with Crippen LogP contribution in [-0.4, -0.2) is 5.78 Å². The Morgan fingerprint density at radius 1 is 1.14 bits per heavy atom. The van der Waals surface area contributed by atoms with Crippen molar-refractivity contribution in [3.8, 4) is 6.07 Å². The molecule has 2 nitrogen and oxygen atoms in total. The molecule has 0 radical (unpaired) electrons. The lowest BCUT2D eigenvalue weighted by molar-refractivity contribution is 0.0970. The summed E-state index contributed by atoms with van der Waals surface area (Å²) < 4.78 is 27.3. The topological polar surface area (TPSA) is 40.9 Å². The normalized spacial score (nSPS) is 11.8. The zero-order valence-electron chi connectivity index (χ0n) is 10.4. The average Bonchev–Trinajstić information content (AvgIpc) is 2.41. The molecule has 21 heavy (non-hydrogen) atoms. The van der Waals surface area contributed by atoms with E-state index in [0.29, 0.717) is 5.02 Å². The summed E-state index contributed by atoms with van der Waals surface area (Å²) in [6.07, 6.45) is 0. The highest BCUT2D eigenvalue weighted by atomic mass is 35.5. The van der Waals surface area contributed by atoms with Gasteiger partial charge in [-0.1, -0.05) is 35.3 Å². The predicted molar refractivity (Wildman–Crippen MR) is 75.5 cm³/mol. The summed E-state index contributed by atoms with van der Waals surface area (Å²) in [5, 5.41) is 9.59. The van der Waals surface area contributed by atoms with Gasteiger partial charge in [-0.2, -0.15) is 5.26 Å². The van der Waals surface area contributed by atoms with E-state index < -0.39 is 28.9 Å². The number of hydrogen-bond donors (Lipinski definition) is 0. The molecule has 0 N–H and O–H groups in total. The number of halogens is 4. The van der Waals surface area contributed by atoms with Gasteiger partial charge < -0.3 is 0 Å². The van der Waals surface area contributed by atoms with E-state index in [1.165, 1.54) is 18.2 Å². The van der Waals surface area contributed by atoms with Gasteiger partial charge in [0, 0.05) is 10.0 Å². The van der Waals surface area contributed by atoms with Crippen LogP contribution in [-0.2, 0) is 0 Å². The van der Waals surface area contributed by atoms with Gasteiger partial charge in [0.1, 0.15) is 17.6 Å². The third kappa shape index (κ3) is 3.05. The SMILES string of the molecule is N#CC(C(=O)c1c(F)cccc1F)c1ccc(Cl)cc1Cl. The summed E-state index contributed by atoms with van der Waals surface area (Å²) in [5.74, 6) is -4.45. The van der Waals surface area contributed by atoms with E-state index in [0.717, 1.165) is 18.2 Å². The smallest absolute Gasteiger partial charge is 0.190 e. The lowest BCUT2D eigenvalue weighted by atomic mass is 9.91. The highest BCUT2D eigenvalue weighted by molar-refractivity contribution is 6.35. The lowest BCUT2D eigenvalue weighted by Crippen LogP contribution is -2.15. The molecule has 0 heterocycles. The van der Waals surface area contributed by atoms with Crippen LogP contribution >= 0.6 is 23.2 Å². The number of ketones is 1. The van der Waals surface area contributed by atoms with Crippen molar-refractivity contribution < 1.29 is 13.6 Å². The Labute approximate surface area is 129 Å². The van der Waals surface area contributed by atoms with Gasteiger partial charge in [0.05, 0.1) is 11.6 Å². The highest BCUT2D eigenvalue weighted by Gasteiger charge is 2.28. The van der Waals surface area contributed by atoms with Crippen LogP contribution in [0.25, 0.3) is 0 Å². The van der Waals surface area contributed by atoms with Crippen LogP contribution in [0.1, 0.15) is 21.8 Å². The number of carbonyl (C=O) groups excluding carboxylic acids is 1. The van der Waals surface area contributed by atoms with E-state index in [2.05, 4.69) is 0 Å². The molecular formula is C15H7Cl2F2NO. The van der Waals surface area contributed by atoms with E-state index in [9.17, 15) is 18.8 Å². The second-order valence-electron chi connectivity index (χ2n) is 4.19. The van der Waals surface area contributed by atoms with Crippen molar-refractivity contribution in [3.05, 3.63) is 69.2 Å². The summed E-state index contributed by atoms with van der Waals surface area (Å²) in [7, 11) is 0. The molecule has 2 aromatic carbocycles. The van der Waals surface area contributed by atoms with E-state index in [4.69, 9.17) is 23.2 Å². The Bertz CT molecular complexity index is 736. The maximum Gasteiger partial charge on any atom is 0.190 e. The molecule has 2 rings (SSSR count). The van der Waals surface area contributed by atoms with Crippen LogP contribution < -0.4 is 0 Å². The first kappa shape index (κ1) is 15.4. The number of nitrogens with zero attached hydrogens (tertiary/aromatic N) is 1. The molecule has 0 aromatic heterocycles. The van der Waals surface area contributed by atoms with E-state index in [1.54, 1.807) is 6.07 Å². The number of Topliss-reactive ketones (excluding diaryl/α,β-unsaturated/α-hetero) is 1. The summed E-state index contributed by atoms with van der Waals surface area (Å²) in [6.45, 7) is 0. The van der Waals surface area contributed by atoms with E-state index in [1.807, 2.05) is 0 Å². The standard InChI is InChI=1S/C15H7Cl2F2NO/c16-8-4-5-9(11(17)6-8)10(7-20)15(21)14-12(18)2-1-3-13(14)19/h1-6,10H.